The van der Waals surface area contributed by atoms with E-state index in [1.54, 1.807) is 0 Å². The second-order valence-corrected chi connectivity index (χ2v) is 5.36. The summed E-state index contributed by atoms with van der Waals surface area (Å²) in [5.41, 5.74) is 3.12. The van der Waals surface area contributed by atoms with Crippen molar-refractivity contribution in [2.45, 2.75) is 40.7 Å². The van der Waals surface area contributed by atoms with Crippen molar-refractivity contribution in [1.29, 1.82) is 0 Å². The van der Waals surface area contributed by atoms with Crippen LogP contribution < -0.4 is 10.6 Å². The Labute approximate surface area is 127 Å². The van der Waals surface area contributed by atoms with Crippen molar-refractivity contribution in [3.8, 4) is 0 Å². The smallest absolute Gasteiger partial charge is 0.224 e. The van der Waals surface area contributed by atoms with E-state index in [1.165, 1.54) is 0 Å². The standard InChI is InChI=1S/C14H26N4O.ClH/c1-10(2)9-18-12(4)13(11(3)17-18)8-14(19)16-7-6-15-5;/h10,15H,6-9H2,1-5H3,(H,16,19);1H. The molecule has 1 aromatic rings. The molecule has 0 aromatic carbocycles. The number of aromatic nitrogens is 2. The first-order valence-corrected chi connectivity index (χ1v) is 6.89. The van der Waals surface area contributed by atoms with Gasteiger partial charge in [0.05, 0.1) is 12.1 Å². The minimum Gasteiger partial charge on any atom is -0.355 e. The molecule has 2 N–H and O–H groups in total. The van der Waals surface area contributed by atoms with Crippen molar-refractivity contribution in [3.63, 3.8) is 0 Å². The molecule has 1 amide bonds. The molecule has 0 unspecified atom stereocenters. The Bertz CT molecular complexity index is 429. The highest BCUT2D eigenvalue weighted by Crippen LogP contribution is 2.15. The first-order valence-electron chi connectivity index (χ1n) is 6.89. The summed E-state index contributed by atoms with van der Waals surface area (Å²) in [7, 11) is 1.87. The second-order valence-electron chi connectivity index (χ2n) is 5.36. The van der Waals surface area contributed by atoms with E-state index < -0.39 is 0 Å². The number of likely N-dealkylation sites (N-methyl/N-ethyl adjacent to an activating group) is 1. The van der Waals surface area contributed by atoms with E-state index in [9.17, 15) is 4.79 Å². The van der Waals surface area contributed by atoms with Crippen LogP contribution in [0.5, 0.6) is 0 Å². The van der Waals surface area contributed by atoms with Crippen LogP contribution in [0, 0.1) is 19.8 Å². The van der Waals surface area contributed by atoms with Gasteiger partial charge in [0.1, 0.15) is 0 Å². The highest BCUT2D eigenvalue weighted by molar-refractivity contribution is 5.85. The van der Waals surface area contributed by atoms with Crippen LogP contribution in [0.3, 0.4) is 0 Å². The number of aryl methyl sites for hydroxylation is 1. The predicted molar refractivity (Wildman–Crippen MR) is 84.4 cm³/mol. The molecule has 0 bridgehead atoms. The van der Waals surface area contributed by atoms with Gasteiger partial charge in [0.25, 0.3) is 0 Å². The molecule has 20 heavy (non-hydrogen) atoms. The maximum absolute atomic E-state index is 11.8. The van der Waals surface area contributed by atoms with Gasteiger partial charge in [-0.1, -0.05) is 13.8 Å². The molecule has 0 radical (unpaired) electrons. The Kier molecular flexibility index (Phi) is 8.49. The molecule has 5 nitrogen and oxygen atoms in total. The van der Waals surface area contributed by atoms with Gasteiger partial charge in [-0.15, -0.1) is 12.4 Å². The summed E-state index contributed by atoms with van der Waals surface area (Å²) in [6.45, 7) is 10.7. The number of amides is 1. The summed E-state index contributed by atoms with van der Waals surface area (Å²) in [6.07, 6.45) is 0.416. The van der Waals surface area contributed by atoms with Gasteiger partial charge >= 0.3 is 0 Å². The first kappa shape index (κ1) is 18.9. The average molecular weight is 303 g/mol. The van der Waals surface area contributed by atoms with Crippen LogP contribution in [0.1, 0.15) is 30.8 Å². The molecule has 1 rings (SSSR count). The zero-order chi connectivity index (χ0) is 14.4. The van der Waals surface area contributed by atoms with Gasteiger partial charge in [-0.3, -0.25) is 9.48 Å². The summed E-state index contributed by atoms with van der Waals surface area (Å²) in [5, 5.41) is 10.4. The van der Waals surface area contributed by atoms with Crippen LogP contribution in [-0.2, 0) is 17.8 Å². The molecular formula is C14H27ClN4O. The number of carbonyl (C=O) groups is 1. The van der Waals surface area contributed by atoms with Gasteiger partial charge in [0, 0.05) is 30.9 Å². The van der Waals surface area contributed by atoms with Crippen LogP contribution in [0.25, 0.3) is 0 Å². The molecule has 0 aliphatic carbocycles. The predicted octanol–water partition coefficient (Wildman–Crippen LogP) is 1.46. The van der Waals surface area contributed by atoms with E-state index in [-0.39, 0.29) is 18.3 Å². The minimum atomic E-state index is 0. The van der Waals surface area contributed by atoms with E-state index in [1.807, 2.05) is 25.6 Å². The SMILES string of the molecule is CNCCNC(=O)Cc1c(C)nn(CC(C)C)c1C.Cl. The number of carbonyl (C=O) groups excluding carboxylic acids is 1. The normalized spacial score (nSPS) is 10.5. The van der Waals surface area contributed by atoms with Gasteiger partial charge in [-0.2, -0.15) is 5.10 Å². The molecule has 0 aliphatic rings. The monoisotopic (exact) mass is 302 g/mol. The van der Waals surface area contributed by atoms with Gasteiger partial charge in [0.15, 0.2) is 0 Å². The molecule has 0 spiro atoms. The average Bonchev–Trinajstić information content (AvgIpc) is 2.56. The fraction of sp³-hybridized carbons (Fsp3) is 0.714. The summed E-state index contributed by atoms with van der Waals surface area (Å²) in [4.78, 5) is 11.8. The lowest BCUT2D eigenvalue weighted by Crippen LogP contribution is -2.31. The second kappa shape index (κ2) is 8.97. The molecule has 116 valence electrons. The van der Waals surface area contributed by atoms with Gasteiger partial charge in [-0.05, 0) is 26.8 Å². The van der Waals surface area contributed by atoms with E-state index >= 15 is 0 Å². The number of nitrogens with zero attached hydrogens (tertiary/aromatic N) is 2. The molecule has 0 fully saturated rings. The molecule has 1 aromatic heterocycles. The van der Waals surface area contributed by atoms with Crippen LogP contribution in [-0.4, -0.2) is 35.8 Å². The summed E-state index contributed by atoms with van der Waals surface area (Å²) in [6, 6.07) is 0. The van der Waals surface area contributed by atoms with Crippen LogP contribution >= 0.6 is 12.4 Å². The number of halogens is 1. The zero-order valence-corrected chi connectivity index (χ0v) is 13.9. The van der Waals surface area contributed by atoms with Gasteiger partial charge in [-0.25, -0.2) is 0 Å². The molecule has 6 heteroatoms. The minimum absolute atomic E-state index is 0. The number of rotatable bonds is 7. The summed E-state index contributed by atoms with van der Waals surface area (Å²) >= 11 is 0. The lowest BCUT2D eigenvalue weighted by atomic mass is 10.1. The Morgan fingerprint density at radius 1 is 1.30 bits per heavy atom. The third-order valence-electron chi connectivity index (χ3n) is 3.10. The zero-order valence-electron chi connectivity index (χ0n) is 13.1. The summed E-state index contributed by atoms with van der Waals surface area (Å²) < 4.78 is 2.01. The van der Waals surface area contributed by atoms with Crippen molar-refractivity contribution < 1.29 is 4.79 Å². The third-order valence-corrected chi connectivity index (χ3v) is 3.10. The van der Waals surface area contributed by atoms with Crippen molar-refractivity contribution in [2.75, 3.05) is 20.1 Å². The fourth-order valence-electron chi connectivity index (χ4n) is 2.06. The molecule has 0 saturated carbocycles. The summed E-state index contributed by atoms with van der Waals surface area (Å²) in [5.74, 6) is 0.612. The van der Waals surface area contributed by atoms with Crippen LogP contribution in [0.2, 0.25) is 0 Å². The Hall–Kier alpha value is -1.07. The lowest BCUT2D eigenvalue weighted by Gasteiger charge is -2.08. The molecule has 0 aliphatic heterocycles. The van der Waals surface area contributed by atoms with E-state index in [2.05, 4.69) is 29.6 Å². The van der Waals surface area contributed by atoms with Crippen LogP contribution in [0.15, 0.2) is 0 Å². The largest absolute Gasteiger partial charge is 0.355 e. The number of hydrogen-bond donors (Lipinski definition) is 2. The van der Waals surface area contributed by atoms with Gasteiger partial charge in [0.2, 0.25) is 5.91 Å². The quantitative estimate of drug-likeness (QED) is 0.750. The fourth-order valence-corrected chi connectivity index (χ4v) is 2.06. The van der Waals surface area contributed by atoms with Crippen molar-refractivity contribution in [2.24, 2.45) is 5.92 Å². The van der Waals surface area contributed by atoms with Crippen molar-refractivity contribution in [1.82, 2.24) is 20.4 Å². The van der Waals surface area contributed by atoms with E-state index in [0.717, 1.165) is 30.0 Å². The molecule has 1 heterocycles. The van der Waals surface area contributed by atoms with Crippen molar-refractivity contribution >= 4 is 18.3 Å². The van der Waals surface area contributed by atoms with Crippen LogP contribution in [0.4, 0.5) is 0 Å². The Morgan fingerprint density at radius 3 is 2.50 bits per heavy atom. The van der Waals surface area contributed by atoms with E-state index in [4.69, 9.17) is 0 Å². The van der Waals surface area contributed by atoms with Gasteiger partial charge < -0.3 is 10.6 Å². The highest BCUT2D eigenvalue weighted by Gasteiger charge is 2.15. The molecule has 0 saturated heterocycles. The molecule has 0 atom stereocenters. The number of hydrogen-bond acceptors (Lipinski definition) is 3. The first-order chi connectivity index (χ1) is 8.95. The Morgan fingerprint density at radius 2 is 1.95 bits per heavy atom. The highest BCUT2D eigenvalue weighted by atomic mass is 35.5. The Balaban J connectivity index is 0.00000361. The number of nitrogens with one attached hydrogen (secondary N) is 2. The van der Waals surface area contributed by atoms with Crippen molar-refractivity contribution in [3.05, 3.63) is 17.0 Å². The maximum Gasteiger partial charge on any atom is 0.224 e. The lowest BCUT2D eigenvalue weighted by molar-refractivity contribution is -0.120. The van der Waals surface area contributed by atoms with E-state index in [0.29, 0.717) is 18.9 Å². The topological polar surface area (TPSA) is 58.9 Å². The third kappa shape index (κ3) is 5.51. The molecular weight excluding hydrogens is 276 g/mol. The maximum atomic E-state index is 11.8.